The second-order valence-electron chi connectivity index (χ2n) is 6.76. The average molecular weight is 451 g/mol. The van der Waals surface area contributed by atoms with E-state index in [-0.39, 0.29) is 11.6 Å². The van der Waals surface area contributed by atoms with Crippen molar-refractivity contribution in [3.8, 4) is 11.3 Å². The Morgan fingerprint density at radius 1 is 1.06 bits per heavy atom. The number of para-hydroxylation sites is 1. The number of benzene rings is 2. The molecule has 8 heteroatoms. The van der Waals surface area contributed by atoms with E-state index in [1.54, 1.807) is 18.2 Å². The molecule has 5 nitrogen and oxygen atoms in total. The summed E-state index contributed by atoms with van der Waals surface area (Å²) in [5.41, 5.74) is 3.76. The molecule has 0 saturated heterocycles. The molecular formula is C23H19FN4OS2. The smallest absolute Gasteiger partial charge is 0.230 e. The molecule has 0 radical (unpaired) electrons. The normalized spacial score (nSPS) is 10.8. The average Bonchev–Trinajstić information content (AvgIpc) is 3.22. The van der Waals surface area contributed by atoms with E-state index in [0.717, 1.165) is 22.6 Å². The Morgan fingerprint density at radius 2 is 1.81 bits per heavy atom. The summed E-state index contributed by atoms with van der Waals surface area (Å²) >= 11 is 2.77. The standard InChI is InChI=1S/C23H19FN4OS2/c1-15-12-20(17-8-4-3-5-9-17)27-22(25-15)30-13-18-14-31-23(26-18)28(16(2)29)21-11-7-6-10-19(21)24/h3-12,14H,13H2,1-2H3. The largest absolute Gasteiger partial charge is 0.274 e. The fourth-order valence-corrected chi connectivity index (χ4v) is 4.79. The highest BCUT2D eigenvalue weighted by atomic mass is 32.2. The number of rotatable bonds is 6. The summed E-state index contributed by atoms with van der Waals surface area (Å²) < 4.78 is 14.2. The topological polar surface area (TPSA) is 59.0 Å². The van der Waals surface area contributed by atoms with Gasteiger partial charge in [0.05, 0.1) is 17.1 Å². The van der Waals surface area contributed by atoms with Gasteiger partial charge >= 0.3 is 0 Å². The van der Waals surface area contributed by atoms with Crippen molar-refractivity contribution in [1.29, 1.82) is 0 Å². The van der Waals surface area contributed by atoms with Crippen LogP contribution < -0.4 is 4.90 Å². The Bertz CT molecular complexity index is 1210. The molecule has 4 aromatic rings. The number of carbonyl (C=O) groups is 1. The maximum absolute atomic E-state index is 14.2. The van der Waals surface area contributed by atoms with Gasteiger partial charge in [0.1, 0.15) is 5.82 Å². The number of aryl methyl sites for hydroxylation is 1. The molecule has 0 aliphatic rings. The summed E-state index contributed by atoms with van der Waals surface area (Å²) in [7, 11) is 0. The van der Waals surface area contributed by atoms with Gasteiger partial charge in [-0.3, -0.25) is 9.69 Å². The van der Waals surface area contributed by atoms with E-state index in [1.807, 2.05) is 48.7 Å². The highest BCUT2D eigenvalue weighted by Crippen LogP contribution is 2.32. The minimum absolute atomic E-state index is 0.193. The molecule has 1 amide bonds. The van der Waals surface area contributed by atoms with E-state index < -0.39 is 5.82 Å². The number of nitrogens with zero attached hydrogens (tertiary/aromatic N) is 4. The molecule has 4 rings (SSSR count). The van der Waals surface area contributed by atoms with Crippen LogP contribution in [-0.4, -0.2) is 20.9 Å². The van der Waals surface area contributed by atoms with Crippen molar-refractivity contribution in [2.45, 2.75) is 24.8 Å². The fourth-order valence-electron chi connectivity index (χ4n) is 3.01. The van der Waals surface area contributed by atoms with Crippen molar-refractivity contribution >= 4 is 39.8 Å². The van der Waals surface area contributed by atoms with E-state index in [4.69, 9.17) is 0 Å². The molecule has 0 atom stereocenters. The molecule has 0 aliphatic carbocycles. The minimum Gasteiger partial charge on any atom is -0.274 e. The number of hydrogen-bond acceptors (Lipinski definition) is 6. The van der Waals surface area contributed by atoms with Crippen molar-refractivity contribution in [2.75, 3.05) is 4.90 Å². The second kappa shape index (κ2) is 9.36. The van der Waals surface area contributed by atoms with Gasteiger partial charge in [-0.1, -0.05) is 54.2 Å². The first-order chi connectivity index (χ1) is 15.0. The quantitative estimate of drug-likeness (QED) is 0.265. The monoisotopic (exact) mass is 450 g/mol. The Labute approximate surface area is 188 Å². The van der Waals surface area contributed by atoms with Crippen LogP contribution in [0, 0.1) is 12.7 Å². The van der Waals surface area contributed by atoms with Crippen LogP contribution in [0.25, 0.3) is 11.3 Å². The van der Waals surface area contributed by atoms with Gasteiger partial charge in [-0.2, -0.15) is 0 Å². The molecule has 31 heavy (non-hydrogen) atoms. The molecule has 2 heterocycles. The van der Waals surface area contributed by atoms with Crippen LogP contribution in [0.4, 0.5) is 15.2 Å². The van der Waals surface area contributed by atoms with E-state index in [0.29, 0.717) is 16.0 Å². The molecular weight excluding hydrogens is 431 g/mol. The predicted molar refractivity (Wildman–Crippen MR) is 123 cm³/mol. The molecule has 0 fully saturated rings. The Balaban J connectivity index is 1.53. The number of amides is 1. The SMILES string of the molecule is CC(=O)N(c1nc(CSc2nc(C)cc(-c3ccccc3)n2)cs1)c1ccccc1F. The van der Waals surface area contributed by atoms with E-state index in [9.17, 15) is 9.18 Å². The lowest BCUT2D eigenvalue weighted by atomic mass is 10.1. The number of thioether (sulfide) groups is 1. The zero-order valence-electron chi connectivity index (χ0n) is 16.9. The van der Waals surface area contributed by atoms with Crippen LogP contribution in [0.3, 0.4) is 0 Å². The van der Waals surface area contributed by atoms with Gasteiger partial charge in [-0.05, 0) is 25.1 Å². The lowest BCUT2D eigenvalue weighted by Gasteiger charge is -2.18. The molecule has 0 unspecified atom stereocenters. The lowest BCUT2D eigenvalue weighted by molar-refractivity contribution is -0.115. The predicted octanol–water partition coefficient (Wildman–Crippen LogP) is 6.02. The zero-order chi connectivity index (χ0) is 21.8. The van der Waals surface area contributed by atoms with Gasteiger partial charge in [0.15, 0.2) is 10.3 Å². The Morgan fingerprint density at radius 3 is 2.55 bits per heavy atom. The number of thiazole rings is 1. The number of halogens is 1. The van der Waals surface area contributed by atoms with E-state index >= 15 is 0 Å². The molecule has 2 aromatic carbocycles. The third-order valence-corrected chi connectivity index (χ3v) is 6.15. The fraction of sp³-hybridized carbons (Fsp3) is 0.130. The summed E-state index contributed by atoms with van der Waals surface area (Å²) in [5.74, 6) is -0.226. The first kappa shape index (κ1) is 21.1. The molecule has 2 aromatic heterocycles. The summed E-state index contributed by atoms with van der Waals surface area (Å²) in [6.07, 6.45) is 0. The highest BCUT2D eigenvalue weighted by Gasteiger charge is 2.21. The maximum Gasteiger partial charge on any atom is 0.230 e. The van der Waals surface area contributed by atoms with Crippen molar-refractivity contribution in [1.82, 2.24) is 15.0 Å². The third kappa shape index (κ3) is 4.98. The third-order valence-electron chi connectivity index (χ3n) is 4.39. The Hall–Kier alpha value is -3.10. The summed E-state index contributed by atoms with van der Waals surface area (Å²) in [5, 5.41) is 2.96. The van der Waals surface area contributed by atoms with Crippen LogP contribution >= 0.6 is 23.1 Å². The van der Waals surface area contributed by atoms with Crippen LogP contribution in [0.1, 0.15) is 18.3 Å². The number of anilines is 2. The van der Waals surface area contributed by atoms with Crippen LogP contribution in [0.15, 0.2) is 71.2 Å². The second-order valence-corrected chi connectivity index (χ2v) is 8.54. The van der Waals surface area contributed by atoms with Gasteiger partial charge in [0, 0.05) is 29.3 Å². The first-order valence-electron chi connectivity index (χ1n) is 9.55. The van der Waals surface area contributed by atoms with Gasteiger partial charge in [0.25, 0.3) is 0 Å². The van der Waals surface area contributed by atoms with Gasteiger partial charge < -0.3 is 0 Å². The minimum atomic E-state index is -0.467. The number of hydrogen-bond donors (Lipinski definition) is 0. The van der Waals surface area contributed by atoms with Crippen molar-refractivity contribution < 1.29 is 9.18 Å². The van der Waals surface area contributed by atoms with Crippen molar-refractivity contribution in [2.24, 2.45) is 0 Å². The van der Waals surface area contributed by atoms with Crippen LogP contribution in [0.5, 0.6) is 0 Å². The summed E-state index contributed by atoms with van der Waals surface area (Å²) in [6, 6.07) is 18.1. The van der Waals surface area contributed by atoms with Gasteiger partial charge in [0.2, 0.25) is 5.91 Å². The molecule has 0 saturated carbocycles. The molecule has 156 valence electrons. The molecule has 0 N–H and O–H groups in total. The first-order valence-corrected chi connectivity index (χ1v) is 11.4. The molecule has 0 aliphatic heterocycles. The van der Waals surface area contributed by atoms with Crippen molar-refractivity contribution in [3.05, 3.63) is 83.2 Å². The van der Waals surface area contributed by atoms with Gasteiger partial charge in [-0.15, -0.1) is 11.3 Å². The van der Waals surface area contributed by atoms with Crippen molar-refractivity contribution in [3.63, 3.8) is 0 Å². The lowest BCUT2D eigenvalue weighted by Crippen LogP contribution is -2.23. The summed E-state index contributed by atoms with van der Waals surface area (Å²) in [4.78, 5) is 27.2. The maximum atomic E-state index is 14.2. The molecule has 0 bridgehead atoms. The van der Waals surface area contributed by atoms with Gasteiger partial charge in [-0.25, -0.2) is 19.3 Å². The van der Waals surface area contributed by atoms with Crippen LogP contribution in [0.2, 0.25) is 0 Å². The highest BCUT2D eigenvalue weighted by molar-refractivity contribution is 7.98. The molecule has 0 spiro atoms. The number of carbonyl (C=O) groups excluding carboxylic acids is 1. The van der Waals surface area contributed by atoms with E-state index in [2.05, 4.69) is 15.0 Å². The Kier molecular flexibility index (Phi) is 6.39. The van der Waals surface area contributed by atoms with E-state index in [1.165, 1.54) is 41.0 Å². The van der Waals surface area contributed by atoms with Crippen LogP contribution in [-0.2, 0) is 10.5 Å². The summed E-state index contributed by atoms with van der Waals surface area (Å²) in [6.45, 7) is 3.34. The number of aromatic nitrogens is 3. The zero-order valence-corrected chi connectivity index (χ0v) is 18.6.